The number of anilines is 1. The molecule has 0 spiro atoms. The summed E-state index contributed by atoms with van der Waals surface area (Å²) in [6, 6.07) is 8.49. The van der Waals surface area contributed by atoms with Crippen molar-refractivity contribution in [1.29, 1.82) is 0 Å². The smallest absolute Gasteiger partial charge is 0.385 e. The average Bonchev–Trinajstić information content (AvgIpc) is 2.95. The first-order chi connectivity index (χ1) is 20.2. The first-order valence-corrected chi connectivity index (χ1v) is 11.4. The predicted octanol–water partition coefficient (Wildman–Crippen LogP) is 7.82. The number of halogens is 16. The number of rotatable bonds is 13. The number of carbonyl (C=O) groups is 2. The molecule has 0 saturated heterocycles. The molecule has 2 aromatic rings. The Kier molecular flexibility index (Phi) is 10.0. The van der Waals surface area contributed by atoms with Crippen LogP contribution >= 0.6 is 0 Å². The highest BCUT2D eigenvalue weighted by atomic mass is 19.4. The summed E-state index contributed by atoms with van der Waals surface area (Å²) in [7, 11) is 1.59. The van der Waals surface area contributed by atoms with E-state index in [2.05, 4.69) is 10.1 Å². The Morgan fingerprint density at radius 1 is 0.622 bits per heavy atom. The number of carbonyl (C=O) groups excluding carboxylic acids is 2. The third kappa shape index (κ3) is 6.29. The third-order valence-corrected chi connectivity index (χ3v) is 5.82. The molecule has 0 aliphatic heterocycles. The molecule has 45 heavy (non-hydrogen) atoms. The molecule has 0 bridgehead atoms. The van der Waals surface area contributed by atoms with Crippen molar-refractivity contribution in [2.45, 2.75) is 47.9 Å². The molecule has 2 aromatic carbocycles. The minimum atomic E-state index is -8.56. The fourth-order valence-electron chi connectivity index (χ4n) is 3.10. The Balaban J connectivity index is 2.23. The fraction of sp³-hybridized carbons (Fsp3) is 0.417. The molecule has 21 heteroatoms. The quantitative estimate of drug-likeness (QED) is 0.132. The van der Waals surface area contributed by atoms with Gasteiger partial charge < -0.3 is 14.8 Å². The number of nitrogens with one attached hydrogen (secondary N) is 1. The van der Waals surface area contributed by atoms with Crippen LogP contribution in [0.5, 0.6) is 5.75 Å². The molecule has 2 rings (SSSR count). The van der Waals surface area contributed by atoms with Crippen molar-refractivity contribution in [3.63, 3.8) is 0 Å². The van der Waals surface area contributed by atoms with Gasteiger partial charge in [0.15, 0.2) is 6.61 Å². The lowest BCUT2D eigenvalue weighted by Gasteiger charge is -2.42. The van der Waals surface area contributed by atoms with E-state index in [4.69, 9.17) is 4.74 Å². The van der Waals surface area contributed by atoms with Crippen LogP contribution in [0.4, 0.5) is 75.9 Å². The molecular weight excluding hydrogens is 670 g/mol. The van der Waals surface area contributed by atoms with Gasteiger partial charge in [-0.25, -0.2) is 18.4 Å². The molecule has 0 fully saturated rings. The van der Waals surface area contributed by atoms with Gasteiger partial charge in [-0.15, -0.1) is 0 Å². The number of benzene rings is 2. The van der Waals surface area contributed by atoms with Gasteiger partial charge in [0.1, 0.15) is 5.75 Å². The van der Waals surface area contributed by atoms with E-state index in [-0.39, 0.29) is 11.3 Å². The summed E-state index contributed by atoms with van der Waals surface area (Å²) in [5.74, 6) is -59.0. The highest BCUT2D eigenvalue weighted by Crippen LogP contribution is 2.62. The minimum Gasteiger partial charge on any atom is -0.455 e. The fourth-order valence-corrected chi connectivity index (χ4v) is 3.10. The van der Waals surface area contributed by atoms with E-state index in [1.54, 1.807) is 7.05 Å². The van der Waals surface area contributed by atoms with Crippen LogP contribution in [0.15, 0.2) is 48.5 Å². The van der Waals surface area contributed by atoms with Crippen molar-refractivity contribution < 1.29 is 89.3 Å². The molecule has 1 N–H and O–H groups in total. The molecule has 0 saturated carbocycles. The molecule has 0 unspecified atom stereocenters. The van der Waals surface area contributed by atoms with Crippen LogP contribution < -0.4 is 10.1 Å². The van der Waals surface area contributed by atoms with Crippen molar-refractivity contribution in [3.05, 3.63) is 59.7 Å². The highest BCUT2D eigenvalue weighted by molar-refractivity contribution is 5.94. The topological polar surface area (TPSA) is 64.6 Å². The summed E-state index contributed by atoms with van der Waals surface area (Å²) in [5, 5.41) is 2.77. The monoisotopic (exact) mass is 685 g/mol. The standard InChI is InChI=1S/C24H15F16NO4/c1-41-13-6-8-14(9-7-13)45-16(43)12-4-2-11(3-5-12)15(42)44-10-18(27,28)20(31,32)22(35,36)24(39,40)23(37,38)21(33,34)19(29,30)17(25)26/h2-9,17,41H,10H2,1H3. The van der Waals surface area contributed by atoms with Gasteiger partial charge in [0.2, 0.25) is 0 Å². The van der Waals surface area contributed by atoms with E-state index >= 15 is 0 Å². The van der Waals surface area contributed by atoms with Gasteiger partial charge in [-0.3, -0.25) is 0 Å². The maximum atomic E-state index is 14.0. The maximum Gasteiger partial charge on any atom is 0.385 e. The highest BCUT2D eigenvalue weighted by Gasteiger charge is 2.93. The first kappa shape index (κ1) is 37.2. The van der Waals surface area contributed by atoms with E-state index < -0.39 is 72.0 Å². The molecule has 0 aromatic heterocycles. The summed E-state index contributed by atoms with van der Waals surface area (Å²) in [5.41, 5.74) is -0.577. The Hall–Kier alpha value is -3.94. The first-order valence-electron chi connectivity index (χ1n) is 11.4. The van der Waals surface area contributed by atoms with Crippen LogP contribution in [0.1, 0.15) is 20.7 Å². The summed E-state index contributed by atoms with van der Waals surface area (Å²) in [6.07, 6.45) is -5.94. The number of ether oxygens (including phenoxy) is 2. The van der Waals surface area contributed by atoms with Crippen LogP contribution in [0.3, 0.4) is 0 Å². The normalized spacial score (nSPS) is 13.9. The van der Waals surface area contributed by atoms with E-state index in [1.807, 2.05) is 0 Å². The number of hydrogen-bond donors (Lipinski definition) is 1. The number of hydrogen-bond acceptors (Lipinski definition) is 5. The summed E-state index contributed by atoms with van der Waals surface area (Å²) >= 11 is 0. The second-order valence-electron chi connectivity index (χ2n) is 8.82. The molecule has 0 aliphatic carbocycles. The zero-order valence-corrected chi connectivity index (χ0v) is 21.6. The minimum absolute atomic E-state index is 0.0252. The van der Waals surface area contributed by atoms with Crippen molar-refractivity contribution in [2.24, 2.45) is 0 Å². The lowest BCUT2D eigenvalue weighted by molar-refractivity contribution is -0.447. The average molecular weight is 685 g/mol. The summed E-state index contributed by atoms with van der Waals surface area (Å²) in [6.45, 7) is -3.33. The van der Waals surface area contributed by atoms with E-state index in [9.17, 15) is 79.8 Å². The second kappa shape index (κ2) is 12.1. The molecular formula is C24H15F16NO4. The molecule has 0 heterocycles. The van der Waals surface area contributed by atoms with Gasteiger partial charge in [-0.05, 0) is 48.5 Å². The van der Waals surface area contributed by atoms with Crippen molar-refractivity contribution in [3.8, 4) is 5.75 Å². The molecule has 0 aliphatic rings. The van der Waals surface area contributed by atoms with E-state index in [0.717, 1.165) is 12.1 Å². The van der Waals surface area contributed by atoms with Gasteiger partial charge in [-0.1, -0.05) is 0 Å². The molecule has 5 nitrogen and oxygen atoms in total. The van der Waals surface area contributed by atoms with Crippen molar-refractivity contribution >= 4 is 17.6 Å². The molecule has 252 valence electrons. The number of alkyl halides is 16. The van der Waals surface area contributed by atoms with Gasteiger partial charge in [-0.2, -0.15) is 61.5 Å². The molecule has 0 atom stereocenters. The third-order valence-electron chi connectivity index (χ3n) is 5.82. The zero-order valence-electron chi connectivity index (χ0n) is 21.6. The van der Waals surface area contributed by atoms with Crippen LogP contribution in [0.2, 0.25) is 0 Å². The van der Waals surface area contributed by atoms with Crippen LogP contribution in [-0.2, 0) is 4.74 Å². The van der Waals surface area contributed by atoms with Crippen LogP contribution in [-0.4, -0.2) is 73.5 Å². The maximum absolute atomic E-state index is 14.0. The predicted molar refractivity (Wildman–Crippen MR) is 118 cm³/mol. The summed E-state index contributed by atoms with van der Waals surface area (Å²) in [4.78, 5) is 24.1. The molecule has 0 amide bonds. The Labute approximate surface area is 240 Å². The Morgan fingerprint density at radius 2 is 1.02 bits per heavy atom. The number of esters is 2. The van der Waals surface area contributed by atoms with Gasteiger partial charge in [0.05, 0.1) is 11.1 Å². The van der Waals surface area contributed by atoms with Gasteiger partial charge >= 0.3 is 59.8 Å². The molecule has 0 radical (unpaired) electrons. The van der Waals surface area contributed by atoms with Gasteiger partial charge in [0.25, 0.3) is 0 Å². The SMILES string of the molecule is CNc1ccc(OC(=O)c2ccc(C(=O)OCC(F)(F)C(F)(F)C(F)(F)C(F)(F)C(F)(F)C(F)(F)C(F)(F)C(F)F)cc2)cc1. The Morgan fingerprint density at radius 3 is 1.44 bits per heavy atom. The largest absolute Gasteiger partial charge is 0.455 e. The lowest BCUT2D eigenvalue weighted by Crippen LogP contribution is -2.74. The van der Waals surface area contributed by atoms with E-state index in [1.165, 1.54) is 24.3 Å². The van der Waals surface area contributed by atoms with Crippen molar-refractivity contribution in [2.75, 3.05) is 19.0 Å². The lowest BCUT2D eigenvalue weighted by atomic mass is 9.89. The van der Waals surface area contributed by atoms with Crippen LogP contribution in [0, 0.1) is 0 Å². The van der Waals surface area contributed by atoms with Crippen molar-refractivity contribution in [1.82, 2.24) is 0 Å². The second-order valence-corrected chi connectivity index (χ2v) is 8.82. The van der Waals surface area contributed by atoms with E-state index in [0.29, 0.717) is 17.8 Å². The zero-order chi connectivity index (χ0) is 35.0. The van der Waals surface area contributed by atoms with Crippen LogP contribution in [0.25, 0.3) is 0 Å². The summed E-state index contributed by atoms with van der Waals surface area (Å²) < 4.78 is 223. The Bertz CT molecular complexity index is 1360. The van der Waals surface area contributed by atoms with Gasteiger partial charge in [0, 0.05) is 12.7 Å².